The number of nitrogens with two attached hydrogens (primary N) is 1. The zero-order valence-corrected chi connectivity index (χ0v) is 9.50. The van der Waals surface area contributed by atoms with Crippen molar-refractivity contribution in [2.75, 3.05) is 14.2 Å². The number of hydrogen-bond donors (Lipinski definition) is 1. The Morgan fingerprint density at radius 3 is 2.31 bits per heavy atom. The molecule has 3 nitrogen and oxygen atoms in total. The third-order valence-electron chi connectivity index (χ3n) is 2.99. The standard InChI is InChI=1S/C12H16FNO2/c1-15-10-5-8(12(14)7-3-4-7)9(13)6-11(10)16-2/h5-7,12H,3-4,14H2,1-2H3/t12-/m0/s1. The van der Waals surface area contributed by atoms with Gasteiger partial charge in [0, 0.05) is 17.7 Å². The van der Waals surface area contributed by atoms with Crippen LogP contribution < -0.4 is 15.2 Å². The summed E-state index contributed by atoms with van der Waals surface area (Å²) in [4.78, 5) is 0. The molecule has 1 aliphatic rings. The molecule has 0 heterocycles. The van der Waals surface area contributed by atoms with Crippen molar-refractivity contribution in [3.63, 3.8) is 0 Å². The molecule has 1 aromatic carbocycles. The summed E-state index contributed by atoms with van der Waals surface area (Å²) < 4.78 is 23.9. The largest absolute Gasteiger partial charge is 0.493 e. The third kappa shape index (κ3) is 1.97. The van der Waals surface area contributed by atoms with Gasteiger partial charge in [-0.05, 0) is 24.8 Å². The van der Waals surface area contributed by atoms with Gasteiger partial charge in [0.15, 0.2) is 11.5 Å². The second-order valence-corrected chi connectivity index (χ2v) is 4.09. The molecule has 0 unspecified atom stereocenters. The Balaban J connectivity index is 2.37. The summed E-state index contributed by atoms with van der Waals surface area (Å²) in [6.07, 6.45) is 2.16. The van der Waals surface area contributed by atoms with E-state index in [9.17, 15) is 4.39 Å². The van der Waals surface area contributed by atoms with Gasteiger partial charge < -0.3 is 15.2 Å². The van der Waals surface area contributed by atoms with E-state index in [-0.39, 0.29) is 11.9 Å². The van der Waals surface area contributed by atoms with Crippen molar-refractivity contribution in [3.05, 3.63) is 23.5 Å². The minimum absolute atomic E-state index is 0.236. The van der Waals surface area contributed by atoms with E-state index in [2.05, 4.69) is 0 Å². The first-order valence-corrected chi connectivity index (χ1v) is 5.34. The zero-order chi connectivity index (χ0) is 11.7. The molecule has 1 atom stereocenters. The molecule has 0 spiro atoms. The van der Waals surface area contributed by atoms with Gasteiger partial charge in [-0.15, -0.1) is 0 Å². The minimum atomic E-state index is -0.322. The zero-order valence-electron chi connectivity index (χ0n) is 9.50. The number of benzene rings is 1. The monoisotopic (exact) mass is 225 g/mol. The molecule has 4 heteroatoms. The van der Waals surface area contributed by atoms with E-state index >= 15 is 0 Å². The molecule has 1 saturated carbocycles. The molecule has 0 radical (unpaired) electrons. The van der Waals surface area contributed by atoms with Crippen LogP contribution in [0.15, 0.2) is 12.1 Å². The Hall–Kier alpha value is -1.29. The van der Waals surface area contributed by atoms with Crippen LogP contribution in [0.1, 0.15) is 24.4 Å². The maximum Gasteiger partial charge on any atom is 0.163 e. The van der Waals surface area contributed by atoms with E-state index in [0.29, 0.717) is 23.0 Å². The third-order valence-corrected chi connectivity index (χ3v) is 2.99. The highest BCUT2D eigenvalue weighted by atomic mass is 19.1. The lowest BCUT2D eigenvalue weighted by atomic mass is 10.0. The van der Waals surface area contributed by atoms with E-state index in [1.165, 1.54) is 20.3 Å². The summed E-state index contributed by atoms with van der Waals surface area (Å²) in [5, 5.41) is 0. The second-order valence-electron chi connectivity index (χ2n) is 4.09. The summed E-state index contributed by atoms with van der Waals surface area (Å²) >= 11 is 0. The fourth-order valence-corrected chi connectivity index (χ4v) is 1.83. The molecule has 1 aromatic rings. The van der Waals surface area contributed by atoms with Crippen molar-refractivity contribution in [1.82, 2.24) is 0 Å². The predicted octanol–water partition coefficient (Wildman–Crippen LogP) is 2.25. The summed E-state index contributed by atoms with van der Waals surface area (Å²) in [5.74, 6) is 1.01. The van der Waals surface area contributed by atoms with Gasteiger partial charge in [-0.1, -0.05) is 0 Å². The molecule has 0 amide bonds. The first-order chi connectivity index (χ1) is 7.67. The molecule has 16 heavy (non-hydrogen) atoms. The first kappa shape index (κ1) is 11.2. The smallest absolute Gasteiger partial charge is 0.163 e. The molecule has 1 aliphatic carbocycles. The van der Waals surface area contributed by atoms with Crippen LogP contribution in [0.3, 0.4) is 0 Å². The first-order valence-electron chi connectivity index (χ1n) is 5.34. The average Bonchev–Trinajstić information content (AvgIpc) is 3.11. The number of halogens is 1. The van der Waals surface area contributed by atoms with Crippen molar-refractivity contribution < 1.29 is 13.9 Å². The predicted molar refractivity (Wildman–Crippen MR) is 59.2 cm³/mol. The Labute approximate surface area is 94.3 Å². The van der Waals surface area contributed by atoms with Crippen LogP contribution in [-0.2, 0) is 0 Å². The lowest BCUT2D eigenvalue weighted by molar-refractivity contribution is 0.350. The molecule has 2 rings (SSSR count). The maximum atomic E-state index is 13.8. The Morgan fingerprint density at radius 2 is 1.81 bits per heavy atom. The van der Waals surface area contributed by atoms with Gasteiger partial charge in [-0.2, -0.15) is 0 Å². The van der Waals surface area contributed by atoms with Crippen molar-refractivity contribution in [2.45, 2.75) is 18.9 Å². The Morgan fingerprint density at radius 1 is 1.25 bits per heavy atom. The van der Waals surface area contributed by atoms with Crippen LogP contribution in [0.5, 0.6) is 11.5 Å². The van der Waals surface area contributed by atoms with E-state index in [0.717, 1.165) is 12.8 Å². The fourth-order valence-electron chi connectivity index (χ4n) is 1.83. The van der Waals surface area contributed by atoms with E-state index in [1.54, 1.807) is 6.07 Å². The van der Waals surface area contributed by atoms with Crippen LogP contribution in [0.25, 0.3) is 0 Å². The molecule has 0 bridgehead atoms. The maximum absolute atomic E-state index is 13.8. The van der Waals surface area contributed by atoms with Crippen molar-refractivity contribution in [2.24, 2.45) is 11.7 Å². The molecule has 0 aromatic heterocycles. The van der Waals surface area contributed by atoms with Gasteiger partial charge >= 0.3 is 0 Å². The quantitative estimate of drug-likeness (QED) is 0.854. The van der Waals surface area contributed by atoms with Crippen LogP contribution in [0, 0.1) is 11.7 Å². The average molecular weight is 225 g/mol. The molecular formula is C12H16FNO2. The van der Waals surface area contributed by atoms with Crippen molar-refractivity contribution >= 4 is 0 Å². The van der Waals surface area contributed by atoms with Crippen molar-refractivity contribution in [1.29, 1.82) is 0 Å². The highest BCUT2D eigenvalue weighted by molar-refractivity contribution is 5.45. The molecule has 88 valence electrons. The van der Waals surface area contributed by atoms with E-state index in [1.807, 2.05) is 0 Å². The summed E-state index contributed by atoms with van der Waals surface area (Å²) in [7, 11) is 3.01. The van der Waals surface area contributed by atoms with Crippen LogP contribution in [0.2, 0.25) is 0 Å². The second kappa shape index (κ2) is 4.29. The van der Waals surface area contributed by atoms with Gasteiger partial charge in [0.05, 0.1) is 14.2 Å². The topological polar surface area (TPSA) is 44.5 Å². The van der Waals surface area contributed by atoms with E-state index < -0.39 is 0 Å². The summed E-state index contributed by atoms with van der Waals surface area (Å²) in [6, 6.07) is 2.73. The summed E-state index contributed by atoms with van der Waals surface area (Å²) in [5.41, 5.74) is 6.49. The normalized spacial score (nSPS) is 17.0. The number of ether oxygens (including phenoxy) is 2. The number of methoxy groups -OCH3 is 2. The van der Waals surface area contributed by atoms with Gasteiger partial charge in [0.2, 0.25) is 0 Å². The summed E-state index contributed by atoms with van der Waals surface area (Å²) in [6.45, 7) is 0. The van der Waals surface area contributed by atoms with Gasteiger partial charge in [-0.3, -0.25) is 0 Å². The lowest BCUT2D eigenvalue weighted by Crippen LogP contribution is -2.14. The fraction of sp³-hybridized carbons (Fsp3) is 0.500. The van der Waals surface area contributed by atoms with Crippen LogP contribution in [-0.4, -0.2) is 14.2 Å². The number of hydrogen-bond acceptors (Lipinski definition) is 3. The Bertz CT molecular complexity index is 391. The van der Waals surface area contributed by atoms with Gasteiger partial charge in [0.25, 0.3) is 0 Å². The van der Waals surface area contributed by atoms with Crippen molar-refractivity contribution in [3.8, 4) is 11.5 Å². The van der Waals surface area contributed by atoms with Gasteiger partial charge in [-0.25, -0.2) is 4.39 Å². The SMILES string of the molecule is COc1cc(F)c([C@@H](N)C2CC2)cc1OC. The Kier molecular flexibility index (Phi) is 3.01. The highest BCUT2D eigenvalue weighted by Gasteiger charge is 2.31. The van der Waals surface area contributed by atoms with E-state index in [4.69, 9.17) is 15.2 Å². The van der Waals surface area contributed by atoms with Crippen LogP contribution >= 0.6 is 0 Å². The molecule has 0 aliphatic heterocycles. The highest BCUT2D eigenvalue weighted by Crippen LogP contribution is 2.42. The van der Waals surface area contributed by atoms with Crippen LogP contribution in [0.4, 0.5) is 4.39 Å². The molecule has 2 N–H and O–H groups in total. The lowest BCUT2D eigenvalue weighted by Gasteiger charge is -2.15. The molecule has 1 fully saturated rings. The molecular weight excluding hydrogens is 209 g/mol. The molecule has 0 saturated heterocycles. The number of rotatable bonds is 4. The minimum Gasteiger partial charge on any atom is -0.493 e. The van der Waals surface area contributed by atoms with Gasteiger partial charge in [0.1, 0.15) is 5.82 Å².